The molecule has 2 unspecified atom stereocenters. The van der Waals surface area contributed by atoms with Crippen LogP contribution in [0, 0.1) is 0 Å². The van der Waals surface area contributed by atoms with Gasteiger partial charge in [0, 0.05) is 23.5 Å². The summed E-state index contributed by atoms with van der Waals surface area (Å²) >= 11 is 1.74. The lowest BCUT2D eigenvalue weighted by atomic mass is 10.0. The van der Waals surface area contributed by atoms with Gasteiger partial charge in [-0.2, -0.15) is 4.31 Å². The zero-order valence-electron chi connectivity index (χ0n) is 11.1. The Morgan fingerprint density at radius 3 is 3.11 bits per heavy atom. The maximum absolute atomic E-state index is 12.6. The summed E-state index contributed by atoms with van der Waals surface area (Å²) in [6.07, 6.45) is 2.92. The predicted molar refractivity (Wildman–Crippen MR) is 78.0 cm³/mol. The van der Waals surface area contributed by atoms with E-state index in [0.717, 1.165) is 25.8 Å². The number of fused-ring (bicyclic) bond motifs is 1. The molecule has 106 valence electrons. The van der Waals surface area contributed by atoms with E-state index in [-0.39, 0.29) is 17.8 Å². The molecule has 3 heterocycles. The van der Waals surface area contributed by atoms with E-state index in [4.69, 9.17) is 0 Å². The highest BCUT2D eigenvalue weighted by Crippen LogP contribution is 2.34. The number of rotatable bonds is 3. The van der Waals surface area contributed by atoms with Crippen LogP contribution >= 0.6 is 11.3 Å². The van der Waals surface area contributed by atoms with Gasteiger partial charge in [-0.25, -0.2) is 8.42 Å². The third kappa shape index (κ3) is 2.59. The van der Waals surface area contributed by atoms with Crippen molar-refractivity contribution in [2.75, 3.05) is 18.8 Å². The quantitative estimate of drug-likeness (QED) is 0.925. The molecule has 1 saturated heterocycles. The van der Waals surface area contributed by atoms with Gasteiger partial charge in [-0.3, -0.25) is 0 Å². The topological polar surface area (TPSA) is 49.4 Å². The van der Waals surface area contributed by atoms with Crippen LogP contribution in [0.2, 0.25) is 0 Å². The van der Waals surface area contributed by atoms with Crippen LogP contribution < -0.4 is 5.32 Å². The average Bonchev–Trinajstić information content (AvgIpc) is 2.98. The molecule has 4 nitrogen and oxygen atoms in total. The summed E-state index contributed by atoms with van der Waals surface area (Å²) in [5.41, 5.74) is 1.19. The molecule has 0 aliphatic carbocycles. The summed E-state index contributed by atoms with van der Waals surface area (Å²) in [6.45, 7) is 3.58. The van der Waals surface area contributed by atoms with Crippen LogP contribution in [0.3, 0.4) is 0 Å². The Morgan fingerprint density at radius 2 is 2.37 bits per heavy atom. The number of thiophene rings is 1. The van der Waals surface area contributed by atoms with E-state index < -0.39 is 10.0 Å². The van der Waals surface area contributed by atoms with Crippen LogP contribution in [0.25, 0.3) is 0 Å². The summed E-state index contributed by atoms with van der Waals surface area (Å²) in [7, 11) is -3.16. The second kappa shape index (κ2) is 5.16. The van der Waals surface area contributed by atoms with Crippen molar-refractivity contribution in [1.82, 2.24) is 9.62 Å². The molecule has 19 heavy (non-hydrogen) atoms. The minimum absolute atomic E-state index is 0.0126. The molecular weight excluding hydrogens is 280 g/mol. The first kappa shape index (κ1) is 13.5. The van der Waals surface area contributed by atoms with Gasteiger partial charge in [-0.1, -0.05) is 0 Å². The molecule has 3 rings (SSSR count). The summed E-state index contributed by atoms with van der Waals surface area (Å²) in [5, 5.41) is 5.34. The smallest absolute Gasteiger partial charge is 0.216 e. The first-order valence-corrected chi connectivity index (χ1v) is 9.36. The summed E-state index contributed by atoms with van der Waals surface area (Å²) in [6, 6.07) is 2.20. The van der Waals surface area contributed by atoms with Crippen LogP contribution in [0.5, 0.6) is 0 Å². The van der Waals surface area contributed by atoms with Gasteiger partial charge >= 0.3 is 0 Å². The fourth-order valence-electron chi connectivity index (χ4n) is 3.12. The van der Waals surface area contributed by atoms with E-state index in [0.29, 0.717) is 6.54 Å². The third-order valence-electron chi connectivity index (χ3n) is 4.15. The second-order valence-corrected chi connectivity index (χ2v) is 8.37. The first-order valence-electron chi connectivity index (χ1n) is 6.87. The average molecular weight is 300 g/mol. The van der Waals surface area contributed by atoms with Crippen molar-refractivity contribution in [1.29, 1.82) is 0 Å². The molecule has 1 aromatic heterocycles. The molecule has 0 saturated carbocycles. The fourth-order valence-corrected chi connectivity index (χ4v) is 6.03. The monoisotopic (exact) mass is 300 g/mol. The number of nitrogens with zero attached hydrogens (tertiary/aromatic N) is 1. The predicted octanol–water partition coefficient (Wildman–Crippen LogP) is 1.75. The zero-order valence-corrected chi connectivity index (χ0v) is 12.8. The maximum atomic E-state index is 12.6. The molecule has 0 amide bonds. The molecule has 6 heteroatoms. The molecule has 2 aliphatic rings. The Labute approximate surface area is 118 Å². The van der Waals surface area contributed by atoms with Gasteiger partial charge in [0.15, 0.2) is 0 Å². The summed E-state index contributed by atoms with van der Waals surface area (Å²) in [5.74, 6) is 0.247. The highest BCUT2D eigenvalue weighted by Gasteiger charge is 2.35. The van der Waals surface area contributed by atoms with Gasteiger partial charge in [-0.05, 0) is 49.7 Å². The lowest BCUT2D eigenvalue weighted by Gasteiger charge is -2.33. The molecule has 0 bridgehead atoms. The molecule has 1 N–H and O–H groups in total. The summed E-state index contributed by atoms with van der Waals surface area (Å²) in [4.78, 5) is 1.35. The first-order chi connectivity index (χ1) is 9.08. The van der Waals surface area contributed by atoms with Crippen molar-refractivity contribution in [3.8, 4) is 0 Å². The number of hydrogen-bond acceptors (Lipinski definition) is 4. The van der Waals surface area contributed by atoms with Gasteiger partial charge < -0.3 is 5.32 Å². The van der Waals surface area contributed by atoms with Crippen molar-refractivity contribution in [3.05, 3.63) is 21.9 Å². The molecule has 0 spiro atoms. The van der Waals surface area contributed by atoms with E-state index >= 15 is 0 Å². The van der Waals surface area contributed by atoms with E-state index in [1.165, 1.54) is 10.4 Å². The van der Waals surface area contributed by atoms with Gasteiger partial charge in [0.05, 0.1) is 5.75 Å². The number of hydrogen-bond donors (Lipinski definition) is 1. The van der Waals surface area contributed by atoms with Crippen molar-refractivity contribution >= 4 is 21.4 Å². The zero-order chi connectivity index (χ0) is 13.5. The minimum Gasteiger partial charge on any atom is -0.313 e. The van der Waals surface area contributed by atoms with Gasteiger partial charge in [0.1, 0.15) is 0 Å². The Kier molecular flexibility index (Phi) is 3.68. The number of sulfonamides is 1. The molecule has 0 aromatic carbocycles. The Morgan fingerprint density at radius 1 is 1.53 bits per heavy atom. The Balaban J connectivity index is 1.78. The Hall–Kier alpha value is -0.430. The van der Waals surface area contributed by atoms with E-state index in [1.807, 2.05) is 6.92 Å². The largest absolute Gasteiger partial charge is 0.313 e. The maximum Gasteiger partial charge on any atom is 0.216 e. The second-order valence-electron chi connectivity index (χ2n) is 5.41. The molecule has 0 radical (unpaired) electrons. The normalized spacial score (nSPS) is 28.5. The van der Waals surface area contributed by atoms with Crippen molar-refractivity contribution < 1.29 is 8.42 Å². The third-order valence-corrected chi connectivity index (χ3v) is 7.19. The highest BCUT2D eigenvalue weighted by atomic mass is 32.2. The Bertz CT molecular complexity index is 547. The molecule has 1 aromatic rings. The van der Waals surface area contributed by atoms with Crippen LogP contribution in [0.15, 0.2) is 11.4 Å². The lowest BCUT2D eigenvalue weighted by molar-refractivity contribution is 0.327. The highest BCUT2D eigenvalue weighted by molar-refractivity contribution is 7.89. The van der Waals surface area contributed by atoms with E-state index in [2.05, 4.69) is 16.8 Å². The summed E-state index contributed by atoms with van der Waals surface area (Å²) < 4.78 is 26.8. The van der Waals surface area contributed by atoms with Crippen LogP contribution in [-0.4, -0.2) is 37.6 Å². The standard InChI is InChI=1S/C13H20N2O2S2/c1-10-12-5-8-18-13(12)4-7-15(10)19(16,17)9-11-3-2-6-14-11/h5,8,10-11,14H,2-4,6-7,9H2,1H3. The van der Waals surface area contributed by atoms with Gasteiger partial charge in [-0.15, -0.1) is 11.3 Å². The van der Waals surface area contributed by atoms with Crippen LogP contribution in [-0.2, 0) is 16.4 Å². The van der Waals surface area contributed by atoms with Crippen molar-refractivity contribution in [2.45, 2.75) is 38.3 Å². The van der Waals surface area contributed by atoms with Gasteiger partial charge in [0.25, 0.3) is 0 Å². The molecule has 2 aliphatic heterocycles. The molecular formula is C13H20N2O2S2. The van der Waals surface area contributed by atoms with Crippen LogP contribution in [0.4, 0.5) is 0 Å². The van der Waals surface area contributed by atoms with Crippen molar-refractivity contribution in [2.24, 2.45) is 0 Å². The van der Waals surface area contributed by atoms with Crippen LogP contribution in [0.1, 0.15) is 36.2 Å². The van der Waals surface area contributed by atoms with E-state index in [1.54, 1.807) is 15.6 Å². The van der Waals surface area contributed by atoms with E-state index in [9.17, 15) is 8.42 Å². The lowest BCUT2D eigenvalue weighted by Crippen LogP contribution is -2.43. The minimum atomic E-state index is -3.16. The number of nitrogens with one attached hydrogen (secondary N) is 1. The van der Waals surface area contributed by atoms with Crippen molar-refractivity contribution in [3.63, 3.8) is 0 Å². The SMILES string of the molecule is CC1c2ccsc2CCN1S(=O)(=O)CC1CCCN1. The molecule has 1 fully saturated rings. The fraction of sp³-hybridized carbons (Fsp3) is 0.692. The molecule has 2 atom stereocenters. The van der Waals surface area contributed by atoms with Gasteiger partial charge in [0.2, 0.25) is 10.0 Å².